The summed E-state index contributed by atoms with van der Waals surface area (Å²) >= 11 is 5.93. The molecule has 0 atom stereocenters. The summed E-state index contributed by atoms with van der Waals surface area (Å²) in [7, 11) is 1.58. The Labute approximate surface area is 110 Å². The number of ether oxygens (including phenoxy) is 2. The molecule has 2 rings (SSSR count). The summed E-state index contributed by atoms with van der Waals surface area (Å²) in [5.41, 5.74) is 6.51. The fourth-order valence-corrected chi connectivity index (χ4v) is 1.61. The predicted octanol–water partition coefficient (Wildman–Crippen LogP) is 2.99. The van der Waals surface area contributed by atoms with Crippen molar-refractivity contribution in [3.8, 4) is 17.4 Å². The van der Waals surface area contributed by atoms with Crippen molar-refractivity contribution in [1.29, 1.82) is 0 Å². The minimum atomic E-state index is 0.378. The van der Waals surface area contributed by atoms with E-state index in [-0.39, 0.29) is 0 Å². The molecule has 1 aromatic carbocycles. The minimum absolute atomic E-state index is 0.378. The number of benzene rings is 1. The lowest BCUT2D eigenvalue weighted by Gasteiger charge is -2.09. The average Bonchev–Trinajstić information content (AvgIpc) is 2.40. The van der Waals surface area contributed by atoms with Gasteiger partial charge in [0.2, 0.25) is 5.88 Å². The molecule has 0 radical (unpaired) electrons. The number of nitrogens with zero attached hydrogens (tertiary/aromatic N) is 1. The van der Waals surface area contributed by atoms with Gasteiger partial charge in [0.1, 0.15) is 11.5 Å². The second kappa shape index (κ2) is 5.71. The Morgan fingerprint density at radius 2 is 2.11 bits per heavy atom. The van der Waals surface area contributed by atoms with Crippen LogP contribution in [0, 0.1) is 0 Å². The molecule has 18 heavy (non-hydrogen) atoms. The van der Waals surface area contributed by atoms with Gasteiger partial charge in [-0.1, -0.05) is 17.7 Å². The molecule has 2 N–H and O–H groups in total. The van der Waals surface area contributed by atoms with Crippen molar-refractivity contribution in [3.63, 3.8) is 0 Å². The number of hydrogen-bond acceptors (Lipinski definition) is 4. The SMILES string of the molecule is COc1ccc(Oc2cc(Cl)ccc2CN)nc1. The largest absolute Gasteiger partial charge is 0.495 e. The van der Waals surface area contributed by atoms with Crippen LogP contribution in [0.2, 0.25) is 5.02 Å². The van der Waals surface area contributed by atoms with Crippen LogP contribution in [0.1, 0.15) is 5.56 Å². The highest BCUT2D eigenvalue weighted by Gasteiger charge is 2.06. The first kappa shape index (κ1) is 12.7. The summed E-state index contributed by atoms with van der Waals surface area (Å²) in [4.78, 5) is 4.12. The van der Waals surface area contributed by atoms with Crippen LogP contribution < -0.4 is 15.2 Å². The summed E-state index contributed by atoms with van der Waals surface area (Å²) in [6.07, 6.45) is 1.59. The fourth-order valence-electron chi connectivity index (χ4n) is 1.45. The molecule has 0 spiro atoms. The van der Waals surface area contributed by atoms with Crippen LogP contribution in [-0.2, 0) is 6.54 Å². The van der Waals surface area contributed by atoms with Gasteiger partial charge in [-0.15, -0.1) is 0 Å². The van der Waals surface area contributed by atoms with Gasteiger partial charge in [-0.25, -0.2) is 4.98 Å². The lowest BCUT2D eigenvalue weighted by molar-refractivity contribution is 0.407. The summed E-state index contributed by atoms with van der Waals surface area (Å²) in [6.45, 7) is 0.378. The van der Waals surface area contributed by atoms with E-state index < -0.39 is 0 Å². The lowest BCUT2D eigenvalue weighted by atomic mass is 10.2. The number of nitrogens with two attached hydrogens (primary N) is 1. The van der Waals surface area contributed by atoms with Gasteiger partial charge in [0.15, 0.2) is 0 Å². The molecule has 0 amide bonds. The Bertz CT molecular complexity index is 529. The van der Waals surface area contributed by atoms with Crippen LogP contribution in [0.5, 0.6) is 17.4 Å². The van der Waals surface area contributed by atoms with E-state index in [1.165, 1.54) is 0 Å². The molecule has 94 valence electrons. The molecule has 4 nitrogen and oxygen atoms in total. The highest BCUT2D eigenvalue weighted by atomic mass is 35.5. The van der Waals surface area contributed by atoms with Gasteiger partial charge in [0.05, 0.1) is 13.3 Å². The maximum Gasteiger partial charge on any atom is 0.219 e. The lowest BCUT2D eigenvalue weighted by Crippen LogP contribution is -2.00. The van der Waals surface area contributed by atoms with Gasteiger partial charge in [-0.3, -0.25) is 0 Å². The normalized spacial score (nSPS) is 10.2. The van der Waals surface area contributed by atoms with Crippen molar-refractivity contribution >= 4 is 11.6 Å². The molecule has 0 unspecified atom stereocenters. The highest BCUT2D eigenvalue weighted by Crippen LogP contribution is 2.27. The van der Waals surface area contributed by atoms with E-state index in [1.54, 1.807) is 37.6 Å². The third-order valence-electron chi connectivity index (χ3n) is 2.41. The van der Waals surface area contributed by atoms with Crippen molar-refractivity contribution in [3.05, 3.63) is 47.1 Å². The Morgan fingerprint density at radius 3 is 2.72 bits per heavy atom. The topological polar surface area (TPSA) is 57.4 Å². The van der Waals surface area contributed by atoms with Crippen LogP contribution in [-0.4, -0.2) is 12.1 Å². The van der Waals surface area contributed by atoms with Crippen molar-refractivity contribution in [2.24, 2.45) is 5.73 Å². The quantitative estimate of drug-likeness (QED) is 0.922. The molecule has 0 aliphatic heterocycles. The molecule has 1 heterocycles. The number of halogens is 1. The number of pyridine rings is 1. The summed E-state index contributed by atoms with van der Waals surface area (Å²) in [5.74, 6) is 1.75. The first-order valence-corrected chi connectivity index (χ1v) is 5.77. The zero-order valence-corrected chi connectivity index (χ0v) is 10.6. The van der Waals surface area contributed by atoms with Crippen LogP contribution in [0.3, 0.4) is 0 Å². The molecule has 5 heteroatoms. The highest BCUT2D eigenvalue weighted by molar-refractivity contribution is 6.30. The molecule has 0 aliphatic carbocycles. The van der Waals surface area contributed by atoms with Crippen LogP contribution in [0.25, 0.3) is 0 Å². The van der Waals surface area contributed by atoms with Gasteiger partial charge in [-0.2, -0.15) is 0 Å². The number of aromatic nitrogens is 1. The number of hydrogen-bond donors (Lipinski definition) is 1. The summed E-state index contributed by atoms with van der Waals surface area (Å²) in [5, 5.41) is 0.593. The Balaban J connectivity index is 2.24. The predicted molar refractivity (Wildman–Crippen MR) is 70.2 cm³/mol. The Hall–Kier alpha value is -1.78. The van der Waals surface area contributed by atoms with E-state index in [0.717, 1.165) is 5.56 Å². The molecular weight excluding hydrogens is 252 g/mol. The molecule has 1 aromatic heterocycles. The van der Waals surface area contributed by atoms with Gasteiger partial charge in [0.25, 0.3) is 0 Å². The van der Waals surface area contributed by atoms with Crippen molar-refractivity contribution in [2.75, 3.05) is 7.11 Å². The second-order valence-electron chi connectivity index (χ2n) is 3.59. The van der Waals surface area contributed by atoms with E-state index in [1.807, 2.05) is 6.07 Å². The summed E-state index contributed by atoms with van der Waals surface area (Å²) < 4.78 is 10.7. The van der Waals surface area contributed by atoms with E-state index in [0.29, 0.717) is 28.9 Å². The van der Waals surface area contributed by atoms with Crippen LogP contribution in [0.15, 0.2) is 36.5 Å². The third-order valence-corrected chi connectivity index (χ3v) is 2.64. The van der Waals surface area contributed by atoms with Crippen molar-refractivity contribution in [2.45, 2.75) is 6.54 Å². The van der Waals surface area contributed by atoms with Crippen molar-refractivity contribution in [1.82, 2.24) is 4.98 Å². The average molecular weight is 265 g/mol. The van der Waals surface area contributed by atoms with Crippen LogP contribution >= 0.6 is 11.6 Å². The van der Waals surface area contributed by atoms with Crippen molar-refractivity contribution < 1.29 is 9.47 Å². The molecule has 0 fully saturated rings. The fraction of sp³-hybridized carbons (Fsp3) is 0.154. The molecular formula is C13H13ClN2O2. The van der Waals surface area contributed by atoms with E-state index in [2.05, 4.69) is 4.98 Å². The smallest absolute Gasteiger partial charge is 0.219 e. The zero-order valence-electron chi connectivity index (χ0n) is 9.89. The monoisotopic (exact) mass is 264 g/mol. The first-order chi connectivity index (χ1) is 8.72. The standard InChI is InChI=1S/C13H13ClN2O2/c1-17-11-4-5-13(16-8-11)18-12-6-10(14)3-2-9(12)7-15/h2-6,8H,7,15H2,1H3. The minimum Gasteiger partial charge on any atom is -0.495 e. The third kappa shape index (κ3) is 2.91. The van der Waals surface area contributed by atoms with E-state index in [9.17, 15) is 0 Å². The van der Waals surface area contributed by atoms with E-state index in [4.69, 9.17) is 26.8 Å². The molecule has 0 saturated carbocycles. The molecule has 0 saturated heterocycles. The maximum atomic E-state index is 5.93. The second-order valence-corrected chi connectivity index (χ2v) is 4.03. The Kier molecular flexibility index (Phi) is 4.02. The molecule has 0 bridgehead atoms. The summed E-state index contributed by atoms with van der Waals surface area (Å²) in [6, 6.07) is 8.82. The van der Waals surface area contributed by atoms with Gasteiger partial charge < -0.3 is 15.2 Å². The first-order valence-electron chi connectivity index (χ1n) is 5.39. The van der Waals surface area contributed by atoms with Gasteiger partial charge in [-0.05, 0) is 18.2 Å². The van der Waals surface area contributed by atoms with E-state index >= 15 is 0 Å². The number of methoxy groups -OCH3 is 1. The van der Waals surface area contributed by atoms with Gasteiger partial charge in [0, 0.05) is 23.2 Å². The molecule has 2 aromatic rings. The zero-order chi connectivity index (χ0) is 13.0. The van der Waals surface area contributed by atoms with Crippen LogP contribution in [0.4, 0.5) is 0 Å². The Morgan fingerprint density at radius 1 is 1.28 bits per heavy atom. The maximum absolute atomic E-state index is 5.93. The molecule has 0 aliphatic rings. The number of rotatable bonds is 4. The van der Waals surface area contributed by atoms with Gasteiger partial charge >= 0.3 is 0 Å².